The van der Waals surface area contributed by atoms with Gasteiger partial charge in [-0.2, -0.15) is 5.10 Å². The number of hydrogen-bond donors (Lipinski definition) is 0. The third-order valence-corrected chi connectivity index (χ3v) is 1.10. The Bertz CT molecular complexity index is 184. The van der Waals surface area contributed by atoms with Crippen LogP contribution in [0, 0.1) is 5.41 Å². The Morgan fingerprint density at radius 3 is 2.36 bits per heavy atom. The van der Waals surface area contributed by atoms with Gasteiger partial charge in [0.05, 0.1) is 0 Å². The van der Waals surface area contributed by atoms with Gasteiger partial charge in [0.1, 0.15) is 12.7 Å². The Labute approximate surface area is 68.5 Å². The maximum atomic E-state index is 4.01. The van der Waals surface area contributed by atoms with Crippen molar-refractivity contribution < 1.29 is 0 Å². The number of nitrogens with zero attached hydrogens (tertiary/aromatic N) is 3. The van der Waals surface area contributed by atoms with Crippen LogP contribution >= 0.6 is 0 Å². The molecule has 0 aliphatic rings. The van der Waals surface area contributed by atoms with Gasteiger partial charge >= 0.3 is 0 Å². The number of aromatic nitrogens is 3. The van der Waals surface area contributed by atoms with Crippen molar-refractivity contribution in [1.82, 2.24) is 14.8 Å². The van der Waals surface area contributed by atoms with Gasteiger partial charge in [-0.1, -0.05) is 28.2 Å². The molecule has 1 rings (SSSR count). The first kappa shape index (κ1) is 10.1. The van der Waals surface area contributed by atoms with E-state index in [0.29, 0.717) is 0 Å². The average Bonchev–Trinajstić information content (AvgIpc) is 2.12. The lowest BCUT2D eigenvalue weighted by molar-refractivity contribution is 0.325. The standard InChI is InChI=1S/C7H13N3.CH4/c1-7(2,3)4-10-6-8-5-9-10;/h5-6H,4H2,1-3H3;1H4. The smallest absolute Gasteiger partial charge is 0.137 e. The van der Waals surface area contributed by atoms with E-state index in [9.17, 15) is 0 Å². The third kappa shape index (κ3) is 3.75. The van der Waals surface area contributed by atoms with Crippen molar-refractivity contribution in [3.63, 3.8) is 0 Å². The van der Waals surface area contributed by atoms with Crippen LogP contribution in [0.1, 0.15) is 28.2 Å². The second-order valence-corrected chi connectivity index (χ2v) is 3.65. The van der Waals surface area contributed by atoms with Gasteiger partial charge < -0.3 is 0 Å². The molecule has 11 heavy (non-hydrogen) atoms. The number of rotatable bonds is 1. The maximum Gasteiger partial charge on any atom is 0.137 e. The predicted molar refractivity (Wildman–Crippen MR) is 46.2 cm³/mol. The van der Waals surface area contributed by atoms with Crippen LogP contribution in [0.2, 0.25) is 0 Å². The average molecular weight is 155 g/mol. The summed E-state index contributed by atoms with van der Waals surface area (Å²) >= 11 is 0. The summed E-state index contributed by atoms with van der Waals surface area (Å²) in [6.45, 7) is 7.45. The van der Waals surface area contributed by atoms with E-state index in [2.05, 4.69) is 30.9 Å². The maximum absolute atomic E-state index is 4.01. The van der Waals surface area contributed by atoms with Gasteiger partial charge in [0.2, 0.25) is 0 Å². The zero-order chi connectivity index (χ0) is 7.61. The summed E-state index contributed by atoms with van der Waals surface area (Å²) < 4.78 is 1.85. The van der Waals surface area contributed by atoms with Crippen molar-refractivity contribution >= 4 is 0 Å². The molecule has 0 fully saturated rings. The van der Waals surface area contributed by atoms with Crippen LogP contribution in [0.25, 0.3) is 0 Å². The van der Waals surface area contributed by atoms with Crippen LogP contribution in [-0.2, 0) is 6.54 Å². The molecule has 3 nitrogen and oxygen atoms in total. The summed E-state index contributed by atoms with van der Waals surface area (Å²) in [6, 6.07) is 0. The molecule has 0 unspecified atom stereocenters. The van der Waals surface area contributed by atoms with Gasteiger partial charge in [-0.05, 0) is 5.41 Å². The van der Waals surface area contributed by atoms with E-state index in [4.69, 9.17) is 0 Å². The molecule has 0 radical (unpaired) electrons. The van der Waals surface area contributed by atoms with Gasteiger partial charge in [0.25, 0.3) is 0 Å². The van der Waals surface area contributed by atoms with E-state index < -0.39 is 0 Å². The van der Waals surface area contributed by atoms with Crippen LogP contribution in [0.5, 0.6) is 0 Å². The van der Waals surface area contributed by atoms with Crippen molar-refractivity contribution in [2.45, 2.75) is 34.7 Å². The Kier molecular flexibility index (Phi) is 3.23. The largest absolute Gasteiger partial charge is 0.252 e. The van der Waals surface area contributed by atoms with Gasteiger partial charge in [-0.3, -0.25) is 4.68 Å². The van der Waals surface area contributed by atoms with Crippen LogP contribution < -0.4 is 0 Å². The summed E-state index contributed by atoms with van der Waals surface area (Å²) in [6.07, 6.45) is 3.30. The fourth-order valence-electron chi connectivity index (χ4n) is 0.800. The lowest BCUT2D eigenvalue weighted by Gasteiger charge is -2.16. The molecular weight excluding hydrogens is 138 g/mol. The molecule has 0 saturated heterocycles. The van der Waals surface area contributed by atoms with Crippen LogP contribution in [0.3, 0.4) is 0 Å². The fraction of sp³-hybridized carbons (Fsp3) is 0.750. The molecule has 3 heteroatoms. The van der Waals surface area contributed by atoms with Gasteiger partial charge in [0, 0.05) is 6.54 Å². The number of hydrogen-bond acceptors (Lipinski definition) is 2. The first-order valence-electron chi connectivity index (χ1n) is 3.40. The fourth-order valence-corrected chi connectivity index (χ4v) is 0.800. The molecule has 0 saturated carbocycles. The van der Waals surface area contributed by atoms with E-state index in [0.717, 1.165) is 6.54 Å². The van der Waals surface area contributed by atoms with Crippen LogP contribution in [0.15, 0.2) is 12.7 Å². The molecule has 0 bridgehead atoms. The third-order valence-electron chi connectivity index (χ3n) is 1.10. The monoisotopic (exact) mass is 155 g/mol. The van der Waals surface area contributed by atoms with Crippen molar-refractivity contribution in [3.05, 3.63) is 12.7 Å². The second kappa shape index (κ2) is 3.51. The molecule has 0 atom stereocenters. The highest BCUT2D eigenvalue weighted by atomic mass is 15.3. The van der Waals surface area contributed by atoms with Gasteiger partial charge in [-0.25, -0.2) is 4.98 Å². The molecule has 64 valence electrons. The lowest BCUT2D eigenvalue weighted by Crippen LogP contribution is -2.15. The molecule has 0 N–H and O–H groups in total. The Hall–Kier alpha value is -0.860. The summed E-state index contributed by atoms with van der Waals surface area (Å²) in [5.41, 5.74) is 0.285. The Morgan fingerprint density at radius 1 is 1.36 bits per heavy atom. The van der Waals surface area contributed by atoms with E-state index >= 15 is 0 Å². The summed E-state index contributed by atoms with van der Waals surface area (Å²) in [7, 11) is 0. The predicted octanol–water partition coefficient (Wildman–Crippen LogP) is 1.96. The summed E-state index contributed by atoms with van der Waals surface area (Å²) in [5.74, 6) is 0. The molecule has 1 heterocycles. The first-order chi connectivity index (χ1) is 4.58. The Morgan fingerprint density at radius 2 is 2.00 bits per heavy atom. The minimum atomic E-state index is 0. The highest BCUT2D eigenvalue weighted by Crippen LogP contribution is 2.14. The molecule has 1 aromatic rings. The minimum absolute atomic E-state index is 0. The van der Waals surface area contributed by atoms with Crippen molar-refractivity contribution in [1.29, 1.82) is 0 Å². The van der Waals surface area contributed by atoms with Crippen molar-refractivity contribution in [2.75, 3.05) is 0 Å². The molecular formula is C8H17N3. The molecule has 0 amide bonds. The zero-order valence-corrected chi connectivity index (χ0v) is 6.70. The lowest BCUT2D eigenvalue weighted by atomic mass is 9.97. The van der Waals surface area contributed by atoms with Gasteiger partial charge in [-0.15, -0.1) is 0 Å². The first-order valence-corrected chi connectivity index (χ1v) is 3.40. The van der Waals surface area contributed by atoms with Crippen LogP contribution in [0.4, 0.5) is 0 Å². The molecule has 1 aromatic heterocycles. The van der Waals surface area contributed by atoms with E-state index in [1.54, 1.807) is 12.7 Å². The quantitative estimate of drug-likeness (QED) is 0.620. The SMILES string of the molecule is C.CC(C)(C)Cn1cncn1. The second-order valence-electron chi connectivity index (χ2n) is 3.65. The minimum Gasteiger partial charge on any atom is -0.252 e. The van der Waals surface area contributed by atoms with Crippen molar-refractivity contribution in [2.24, 2.45) is 5.41 Å². The molecule has 0 aliphatic heterocycles. The van der Waals surface area contributed by atoms with E-state index in [1.165, 1.54) is 0 Å². The normalized spacial score (nSPS) is 10.8. The zero-order valence-electron chi connectivity index (χ0n) is 6.70. The van der Waals surface area contributed by atoms with Crippen LogP contribution in [-0.4, -0.2) is 14.8 Å². The highest BCUT2D eigenvalue weighted by molar-refractivity contribution is 4.64. The van der Waals surface area contributed by atoms with E-state index in [1.807, 2.05) is 4.68 Å². The van der Waals surface area contributed by atoms with Gasteiger partial charge in [0.15, 0.2) is 0 Å². The topological polar surface area (TPSA) is 30.7 Å². The summed E-state index contributed by atoms with van der Waals surface area (Å²) in [5, 5.41) is 4.01. The molecule has 0 aromatic carbocycles. The Balaban J connectivity index is 0.000001000. The van der Waals surface area contributed by atoms with Crippen molar-refractivity contribution in [3.8, 4) is 0 Å². The molecule has 0 spiro atoms. The van der Waals surface area contributed by atoms with E-state index in [-0.39, 0.29) is 12.8 Å². The molecule has 0 aliphatic carbocycles. The highest BCUT2D eigenvalue weighted by Gasteiger charge is 2.10. The summed E-state index contributed by atoms with van der Waals surface area (Å²) in [4.78, 5) is 3.86.